The van der Waals surface area contributed by atoms with Gasteiger partial charge in [0.2, 0.25) is 5.91 Å². The largest absolute Gasteiger partial charge is 0.388 e. The van der Waals surface area contributed by atoms with Gasteiger partial charge in [-0.3, -0.25) is 4.79 Å². The predicted octanol–water partition coefficient (Wildman–Crippen LogP) is 3.26. The van der Waals surface area contributed by atoms with Crippen molar-refractivity contribution >= 4 is 28.3 Å². The molecule has 1 aliphatic heterocycles. The lowest BCUT2D eigenvalue weighted by Crippen LogP contribution is -2.49. The highest BCUT2D eigenvalue weighted by Gasteiger charge is 2.53. The number of primary amides is 1. The number of hydrogen-bond donors (Lipinski definition) is 2. The third kappa shape index (κ3) is 3.13. The van der Waals surface area contributed by atoms with Gasteiger partial charge >= 0.3 is 0 Å². The van der Waals surface area contributed by atoms with Crippen LogP contribution in [0.5, 0.6) is 0 Å². The zero-order valence-electron chi connectivity index (χ0n) is 17.8. The van der Waals surface area contributed by atoms with E-state index in [1.165, 1.54) is 32.1 Å². The molecule has 2 fully saturated rings. The number of aromatic nitrogens is 3. The fraction of sp³-hybridized carbons (Fsp3) is 0.636. The van der Waals surface area contributed by atoms with E-state index in [2.05, 4.69) is 17.4 Å². The van der Waals surface area contributed by atoms with Crippen LogP contribution in [0.15, 0.2) is 11.4 Å². The molecule has 0 aromatic carbocycles. The van der Waals surface area contributed by atoms with Crippen LogP contribution in [0.2, 0.25) is 0 Å². The molecule has 2 aliphatic carbocycles. The van der Waals surface area contributed by atoms with Gasteiger partial charge in [0.15, 0.2) is 5.65 Å². The Bertz CT molecular complexity index is 1010. The van der Waals surface area contributed by atoms with Crippen LogP contribution in [0.25, 0.3) is 11.0 Å². The number of amides is 1. The molecule has 3 aliphatic rings. The Hall–Kier alpha value is -2.64. The van der Waals surface area contributed by atoms with E-state index in [1.807, 2.05) is 17.8 Å². The number of nitrogens with zero attached hydrogens (tertiary/aromatic N) is 4. The second kappa shape index (κ2) is 7.25. The molecule has 0 atom stereocenters. The number of pyridine rings is 1. The number of rotatable bonds is 5. The van der Waals surface area contributed by atoms with E-state index in [0.29, 0.717) is 25.3 Å². The molecule has 8 heteroatoms. The summed E-state index contributed by atoms with van der Waals surface area (Å²) in [4.78, 5) is 22.1. The number of carbonyl (C=O) groups is 1. The maximum absolute atomic E-state index is 11.5. The molecule has 8 nitrogen and oxygen atoms in total. The van der Waals surface area contributed by atoms with E-state index in [1.54, 1.807) is 0 Å². The summed E-state index contributed by atoms with van der Waals surface area (Å²) in [5, 5.41) is 14.1. The topological polar surface area (TPSA) is 107 Å². The lowest BCUT2D eigenvalue weighted by molar-refractivity contribution is -0.144. The highest BCUT2D eigenvalue weighted by atomic mass is 16.7. The Morgan fingerprint density at radius 1 is 1.33 bits per heavy atom. The SMILES string of the molecule is CCn1nc(C)c2c(NC3CCCCC3)c(C3=NOC4(C3)CC(C(N)=O)C4)cnc21. The first-order valence-electron chi connectivity index (χ1n) is 11.2. The summed E-state index contributed by atoms with van der Waals surface area (Å²) in [6, 6.07) is 0.451. The van der Waals surface area contributed by atoms with E-state index in [-0.39, 0.29) is 17.4 Å². The summed E-state index contributed by atoms with van der Waals surface area (Å²) in [7, 11) is 0. The molecular weight excluding hydrogens is 380 g/mol. The molecule has 30 heavy (non-hydrogen) atoms. The first kappa shape index (κ1) is 19.3. The highest BCUT2D eigenvalue weighted by molar-refractivity contribution is 6.11. The Morgan fingerprint density at radius 2 is 2.10 bits per heavy atom. The minimum Gasteiger partial charge on any atom is -0.388 e. The summed E-state index contributed by atoms with van der Waals surface area (Å²) >= 11 is 0. The van der Waals surface area contributed by atoms with Crippen LogP contribution < -0.4 is 11.1 Å². The van der Waals surface area contributed by atoms with Crippen molar-refractivity contribution in [2.75, 3.05) is 5.32 Å². The van der Waals surface area contributed by atoms with Crippen LogP contribution in [-0.2, 0) is 16.2 Å². The quantitative estimate of drug-likeness (QED) is 0.787. The molecule has 2 aromatic heterocycles. The number of oxime groups is 1. The van der Waals surface area contributed by atoms with Gasteiger partial charge in [0.25, 0.3) is 0 Å². The van der Waals surface area contributed by atoms with E-state index >= 15 is 0 Å². The number of aryl methyl sites for hydroxylation is 2. The second-order valence-electron chi connectivity index (χ2n) is 9.12. The van der Waals surface area contributed by atoms with E-state index in [9.17, 15) is 4.79 Å². The molecule has 1 spiro atoms. The van der Waals surface area contributed by atoms with Crippen molar-refractivity contribution in [1.29, 1.82) is 0 Å². The third-order valence-corrected chi connectivity index (χ3v) is 6.98. The van der Waals surface area contributed by atoms with Crippen LogP contribution in [-0.4, -0.2) is 38.0 Å². The molecule has 3 N–H and O–H groups in total. The molecular formula is C22H30N6O2. The number of fused-ring (bicyclic) bond motifs is 1. The maximum Gasteiger partial charge on any atom is 0.220 e. The molecule has 5 rings (SSSR count). The molecule has 0 bridgehead atoms. The summed E-state index contributed by atoms with van der Waals surface area (Å²) in [5.74, 6) is -0.354. The molecule has 2 aromatic rings. The minimum atomic E-state index is -0.380. The molecule has 0 unspecified atom stereocenters. The summed E-state index contributed by atoms with van der Waals surface area (Å²) in [5.41, 5.74) is 9.93. The zero-order chi connectivity index (χ0) is 20.9. The Kier molecular flexibility index (Phi) is 4.67. The zero-order valence-corrected chi connectivity index (χ0v) is 17.8. The van der Waals surface area contributed by atoms with Gasteiger partial charge in [0, 0.05) is 49.5 Å². The molecule has 0 saturated heterocycles. The predicted molar refractivity (Wildman–Crippen MR) is 115 cm³/mol. The molecule has 2 saturated carbocycles. The van der Waals surface area contributed by atoms with Crippen LogP contribution in [0, 0.1) is 12.8 Å². The lowest BCUT2D eigenvalue weighted by atomic mass is 9.68. The summed E-state index contributed by atoms with van der Waals surface area (Å²) < 4.78 is 1.96. The maximum atomic E-state index is 11.5. The van der Waals surface area contributed by atoms with E-state index in [4.69, 9.17) is 20.7 Å². The molecule has 160 valence electrons. The van der Waals surface area contributed by atoms with Crippen molar-refractivity contribution in [3.05, 3.63) is 17.5 Å². The van der Waals surface area contributed by atoms with Crippen LogP contribution in [0.1, 0.15) is 69.5 Å². The first-order chi connectivity index (χ1) is 14.5. The van der Waals surface area contributed by atoms with Gasteiger partial charge in [0.1, 0.15) is 5.60 Å². The molecule has 1 amide bonds. The third-order valence-electron chi connectivity index (χ3n) is 6.98. The van der Waals surface area contributed by atoms with Gasteiger partial charge in [-0.1, -0.05) is 24.4 Å². The monoisotopic (exact) mass is 410 g/mol. The molecule has 0 radical (unpaired) electrons. The van der Waals surface area contributed by atoms with Crippen molar-refractivity contribution in [2.24, 2.45) is 16.8 Å². The summed E-state index contributed by atoms with van der Waals surface area (Å²) in [6.07, 6.45) is 10.1. The normalized spacial score (nSPS) is 26.5. The van der Waals surface area contributed by atoms with Crippen LogP contribution in [0.4, 0.5) is 5.69 Å². The van der Waals surface area contributed by atoms with Crippen LogP contribution >= 0.6 is 0 Å². The Labute approximate surface area is 176 Å². The number of anilines is 1. The van der Waals surface area contributed by atoms with E-state index < -0.39 is 0 Å². The Balaban J connectivity index is 1.51. The second-order valence-corrected chi connectivity index (χ2v) is 9.12. The smallest absolute Gasteiger partial charge is 0.220 e. The minimum absolute atomic E-state index is 0.106. The van der Waals surface area contributed by atoms with Gasteiger partial charge in [-0.15, -0.1) is 0 Å². The number of nitrogens with two attached hydrogens (primary N) is 1. The van der Waals surface area contributed by atoms with Gasteiger partial charge in [-0.25, -0.2) is 9.67 Å². The van der Waals surface area contributed by atoms with Gasteiger partial charge in [-0.05, 0) is 26.7 Å². The van der Waals surface area contributed by atoms with Crippen molar-refractivity contribution in [3.63, 3.8) is 0 Å². The summed E-state index contributed by atoms with van der Waals surface area (Å²) in [6.45, 7) is 4.91. The van der Waals surface area contributed by atoms with Crippen LogP contribution in [0.3, 0.4) is 0 Å². The Morgan fingerprint density at radius 3 is 2.80 bits per heavy atom. The number of hydrogen-bond acceptors (Lipinski definition) is 6. The van der Waals surface area contributed by atoms with E-state index in [0.717, 1.165) is 40.2 Å². The van der Waals surface area contributed by atoms with Gasteiger partial charge in [0.05, 0.1) is 22.5 Å². The standard InChI is InChI=1S/C22H30N6O2/c1-3-28-21-18(13(2)26-28)19(25-15-7-5-4-6-8-15)16(12-24-21)17-11-22(30-27-17)9-14(10-22)20(23)29/h12,14-15H,3-11H2,1-2H3,(H2,23,29)(H,24,25). The highest BCUT2D eigenvalue weighted by Crippen LogP contribution is 2.48. The van der Waals surface area contributed by atoms with Gasteiger partial charge < -0.3 is 15.9 Å². The van der Waals surface area contributed by atoms with Gasteiger partial charge in [-0.2, -0.15) is 5.10 Å². The van der Waals surface area contributed by atoms with Crippen molar-refractivity contribution in [1.82, 2.24) is 14.8 Å². The van der Waals surface area contributed by atoms with Crippen molar-refractivity contribution in [3.8, 4) is 0 Å². The van der Waals surface area contributed by atoms with Crippen molar-refractivity contribution in [2.45, 2.75) is 83.4 Å². The van der Waals surface area contributed by atoms with Crippen molar-refractivity contribution < 1.29 is 9.63 Å². The molecule has 3 heterocycles. The number of carbonyl (C=O) groups excluding carboxylic acids is 1. The number of nitrogens with one attached hydrogen (secondary N) is 1. The fourth-order valence-corrected chi connectivity index (χ4v) is 5.28. The first-order valence-corrected chi connectivity index (χ1v) is 11.2. The average Bonchev–Trinajstić information content (AvgIpc) is 3.30. The lowest BCUT2D eigenvalue weighted by Gasteiger charge is -2.40. The fourth-order valence-electron chi connectivity index (χ4n) is 5.28. The average molecular weight is 411 g/mol.